The van der Waals surface area contributed by atoms with Gasteiger partial charge >= 0.3 is 0 Å². The topological polar surface area (TPSA) is 93.8 Å². The van der Waals surface area contributed by atoms with Gasteiger partial charge in [-0.15, -0.1) is 0 Å². The molecule has 2 heterocycles. The monoisotopic (exact) mass is 249 g/mol. The summed E-state index contributed by atoms with van der Waals surface area (Å²) in [6.07, 6.45) is 4.04. The largest absolute Gasteiger partial charge is 0.382 e. The number of carbonyl (C=O) groups is 1. The maximum atomic E-state index is 11.7. The van der Waals surface area contributed by atoms with Gasteiger partial charge in [0.2, 0.25) is 0 Å². The summed E-state index contributed by atoms with van der Waals surface area (Å²) in [5.41, 5.74) is 5.53. The Kier molecular flexibility index (Phi) is 3.15. The summed E-state index contributed by atoms with van der Waals surface area (Å²) in [6, 6.07) is 3.21. The third kappa shape index (κ3) is 2.88. The van der Waals surface area contributed by atoms with E-state index in [9.17, 15) is 4.79 Å². The fourth-order valence-electron chi connectivity index (χ4n) is 1.09. The summed E-state index contributed by atoms with van der Waals surface area (Å²) in [5, 5.41) is 3.05. The molecule has 1 amide bonds. The van der Waals surface area contributed by atoms with E-state index >= 15 is 0 Å². The van der Waals surface area contributed by atoms with Gasteiger partial charge in [0.25, 0.3) is 5.91 Å². The molecule has 17 heavy (non-hydrogen) atoms. The molecule has 0 unspecified atom stereocenters. The molecule has 0 saturated carbocycles. The van der Waals surface area contributed by atoms with Gasteiger partial charge in [-0.2, -0.15) is 0 Å². The van der Waals surface area contributed by atoms with Gasteiger partial charge in [0, 0.05) is 6.20 Å². The van der Waals surface area contributed by atoms with Crippen molar-refractivity contribution < 1.29 is 4.79 Å². The van der Waals surface area contributed by atoms with Crippen molar-refractivity contribution in [3.8, 4) is 0 Å². The summed E-state index contributed by atoms with van der Waals surface area (Å²) in [4.78, 5) is 23.2. The van der Waals surface area contributed by atoms with Crippen LogP contribution in [-0.4, -0.2) is 20.9 Å². The quantitative estimate of drug-likeness (QED) is 0.838. The van der Waals surface area contributed by atoms with Gasteiger partial charge in [0.15, 0.2) is 0 Å². The lowest BCUT2D eigenvalue weighted by Crippen LogP contribution is -2.15. The second-order valence-corrected chi connectivity index (χ2v) is 3.58. The second kappa shape index (κ2) is 4.75. The first-order valence-electron chi connectivity index (χ1n) is 4.65. The van der Waals surface area contributed by atoms with Crippen molar-refractivity contribution in [2.75, 3.05) is 11.1 Å². The molecule has 2 aromatic rings. The molecule has 86 valence electrons. The molecule has 3 N–H and O–H groups in total. The van der Waals surface area contributed by atoms with E-state index in [4.69, 9.17) is 17.3 Å². The van der Waals surface area contributed by atoms with E-state index < -0.39 is 5.91 Å². The zero-order chi connectivity index (χ0) is 12.3. The first-order valence-corrected chi connectivity index (χ1v) is 5.03. The van der Waals surface area contributed by atoms with Crippen molar-refractivity contribution in [2.45, 2.75) is 0 Å². The van der Waals surface area contributed by atoms with Crippen LogP contribution in [-0.2, 0) is 0 Å². The number of pyridine rings is 1. The normalized spacial score (nSPS) is 9.94. The molecule has 0 bridgehead atoms. The zero-order valence-corrected chi connectivity index (χ0v) is 9.35. The van der Waals surface area contributed by atoms with Crippen LogP contribution in [0.2, 0.25) is 5.02 Å². The Morgan fingerprint density at radius 2 is 2.00 bits per heavy atom. The fourth-order valence-corrected chi connectivity index (χ4v) is 1.20. The Morgan fingerprint density at radius 3 is 2.59 bits per heavy atom. The fraction of sp³-hybridized carbons (Fsp3) is 0. The van der Waals surface area contributed by atoms with Crippen LogP contribution < -0.4 is 11.1 Å². The van der Waals surface area contributed by atoms with Gasteiger partial charge in [0.05, 0.1) is 17.4 Å². The lowest BCUT2D eigenvalue weighted by Gasteiger charge is -2.03. The van der Waals surface area contributed by atoms with Crippen LogP contribution in [0.15, 0.2) is 30.7 Å². The molecule has 0 aliphatic rings. The molecule has 0 aliphatic carbocycles. The Hall–Kier alpha value is -2.21. The number of halogens is 1. The minimum absolute atomic E-state index is 0.163. The van der Waals surface area contributed by atoms with Gasteiger partial charge in [-0.05, 0) is 12.1 Å². The average Bonchev–Trinajstić information content (AvgIpc) is 2.33. The van der Waals surface area contributed by atoms with Gasteiger partial charge in [-0.1, -0.05) is 11.6 Å². The maximum Gasteiger partial charge on any atom is 0.277 e. The predicted molar refractivity (Wildman–Crippen MR) is 63.6 cm³/mol. The number of rotatable bonds is 2. The summed E-state index contributed by atoms with van der Waals surface area (Å²) >= 11 is 5.67. The average molecular weight is 250 g/mol. The highest BCUT2D eigenvalue weighted by Crippen LogP contribution is 2.10. The lowest BCUT2D eigenvalue weighted by molar-refractivity contribution is 0.102. The number of nitrogen functional groups attached to an aromatic ring is 1. The highest BCUT2D eigenvalue weighted by Gasteiger charge is 2.08. The molecule has 0 spiro atoms. The third-order valence-corrected chi connectivity index (χ3v) is 2.10. The molecule has 0 saturated heterocycles. The van der Waals surface area contributed by atoms with Crippen LogP contribution in [0.1, 0.15) is 10.5 Å². The van der Waals surface area contributed by atoms with Crippen LogP contribution in [0.4, 0.5) is 11.6 Å². The number of anilines is 2. The van der Waals surface area contributed by atoms with E-state index in [1.807, 2.05) is 0 Å². The number of hydrogen-bond acceptors (Lipinski definition) is 5. The molecule has 0 radical (unpaired) electrons. The maximum absolute atomic E-state index is 11.7. The number of nitrogens with one attached hydrogen (secondary N) is 1. The number of nitrogens with two attached hydrogens (primary N) is 1. The van der Waals surface area contributed by atoms with E-state index in [0.29, 0.717) is 10.8 Å². The highest BCUT2D eigenvalue weighted by molar-refractivity contribution is 6.30. The number of carbonyl (C=O) groups excluding carboxylic acids is 1. The standard InChI is InChI=1S/C10H8ClN5O/c11-6-1-2-9(15-3-6)16-10(17)7-4-14-8(12)5-13-7/h1-5H,(H2,12,14)(H,15,16,17). The van der Waals surface area contributed by atoms with Gasteiger partial charge < -0.3 is 11.1 Å². The van der Waals surface area contributed by atoms with Crippen molar-refractivity contribution in [1.29, 1.82) is 0 Å². The van der Waals surface area contributed by atoms with Crippen LogP contribution in [0.3, 0.4) is 0 Å². The number of aromatic nitrogens is 3. The minimum atomic E-state index is -0.410. The van der Waals surface area contributed by atoms with E-state index in [1.54, 1.807) is 12.1 Å². The molecule has 0 atom stereocenters. The van der Waals surface area contributed by atoms with Crippen molar-refractivity contribution in [3.63, 3.8) is 0 Å². The number of nitrogens with zero attached hydrogens (tertiary/aromatic N) is 3. The van der Waals surface area contributed by atoms with E-state index in [0.717, 1.165) is 0 Å². The molecule has 0 aliphatic heterocycles. The van der Waals surface area contributed by atoms with Crippen molar-refractivity contribution >= 4 is 29.1 Å². The summed E-state index contributed by atoms with van der Waals surface area (Å²) in [6.45, 7) is 0. The molecule has 0 aromatic carbocycles. The van der Waals surface area contributed by atoms with Crippen molar-refractivity contribution in [1.82, 2.24) is 15.0 Å². The Balaban J connectivity index is 2.11. The summed E-state index contributed by atoms with van der Waals surface area (Å²) in [5.74, 6) is 0.233. The zero-order valence-electron chi connectivity index (χ0n) is 8.59. The predicted octanol–water partition coefficient (Wildman–Crippen LogP) is 1.36. The molecular weight excluding hydrogens is 242 g/mol. The number of amides is 1. The highest BCUT2D eigenvalue weighted by atomic mass is 35.5. The Morgan fingerprint density at radius 1 is 1.18 bits per heavy atom. The van der Waals surface area contributed by atoms with Crippen LogP contribution in [0.25, 0.3) is 0 Å². The Bertz CT molecular complexity index is 525. The van der Waals surface area contributed by atoms with Crippen molar-refractivity contribution in [3.05, 3.63) is 41.4 Å². The molecule has 0 fully saturated rings. The van der Waals surface area contributed by atoms with E-state index in [1.165, 1.54) is 18.6 Å². The first kappa shape index (κ1) is 11.3. The van der Waals surface area contributed by atoms with E-state index in [2.05, 4.69) is 20.3 Å². The van der Waals surface area contributed by atoms with Crippen LogP contribution in [0, 0.1) is 0 Å². The smallest absolute Gasteiger partial charge is 0.277 e. The van der Waals surface area contributed by atoms with Crippen LogP contribution in [0.5, 0.6) is 0 Å². The summed E-state index contributed by atoms with van der Waals surface area (Å²) in [7, 11) is 0. The van der Waals surface area contributed by atoms with Gasteiger partial charge in [0.1, 0.15) is 17.3 Å². The van der Waals surface area contributed by atoms with Crippen LogP contribution >= 0.6 is 11.6 Å². The molecular formula is C10H8ClN5O. The van der Waals surface area contributed by atoms with Gasteiger partial charge in [-0.25, -0.2) is 15.0 Å². The minimum Gasteiger partial charge on any atom is -0.382 e. The first-order chi connectivity index (χ1) is 8.15. The molecule has 2 rings (SSSR count). The number of hydrogen-bond donors (Lipinski definition) is 2. The third-order valence-electron chi connectivity index (χ3n) is 1.87. The molecule has 2 aromatic heterocycles. The Labute approximate surface area is 102 Å². The second-order valence-electron chi connectivity index (χ2n) is 3.14. The van der Waals surface area contributed by atoms with Gasteiger partial charge in [-0.3, -0.25) is 4.79 Å². The van der Waals surface area contributed by atoms with Crippen molar-refractivity contribution in [2.24, 2.45) is 0 Å². The van der Waals surface area contributed by atoms with E-state index in [-0.39, 0.29) is 11.5 Å². The molecule has 6 nitrogen and oxygen atoms in total. The lowest BCUT2D eigenvalue weighted by atomic mass is 10.4. The SMILES string of the molecule is Nc1cnc(C(=O)Nc2ccc(Cl)cn2)cn1. The molecule has 7 heteroatoms. The summed E-state index contributed by atoms with van der Waals surface area (Å²) < 4.78 is 0.